The van der Waals surface area contributed by atoms with E-state index in [1.54, 1.807) is 0 Å². The summed E-state index contributed by atoms with van der Waals surface area (Å²) in [5.74, 6) is 1.92. The minimum atomic E-state index is 0.290. The molecular weight excluding hydrogens is 214 g/mol. The van der Waals surface area contributed by atoms with Crippen LogP contribution in [-0.2, 0) is 0 Å². The third kappa shape index (κ3) is 5.04. The second-order valence-electron chi connectivity index (χ2n) is 4.12. The molecule has 1 aromatic heterocycles. The Morgan fingerprint density at radius 3 is 2.82 bits per heavy atom. The fourth-order valence-corrected chi connectivity index (χ4v) is 1.67. The molecule has 96 valence electrons. The van der Waals surface area contributed by atoms with Gasteiger partial charge in [-0.15, -0.1) is 0 Å². The molecule has 1 rings (SSSR count). The van der Waals surface area contributed by atoms with Gasteiger partial charge in [-0.3, -0.25) is 0 Å². The van der Waals surface area contributed by atoms with Crippen molar-refractivity contribution in [3.8, 4) is 0 Å². The molecule has 0 atom stereocenters. The van der Waals surface area contributed by atoms with Crippen LogP contribution in [0.4, 0.5) is 11.6 Å². The van der Waals surface area contributed by atoms with Crippen LogP contribution >= 0.6 is 0 Å². The Kier molecular flexibility index (Phi) is 6.40. The molecule has 0 spiro atoms. The molecule has 0 aliphatic carbocycles. The molecule has 0 saturated heterocycles. The summed E-state index contributed by atoms with van der Waals surface area (Å²) in [5, 5.41) is 11.9. The number of hydrogen-bond donors (Lipinski definition) is 2. The number of pyridine rings is 1. The van der Waals surface area contributed by atoms with E-state index >= 15 is 0 Å². The summed E-state index contributed by atoms with van der Waals surface area (Å²) in [7, 11) is 2.05. The van der Waals surface area contributed by atoms with Crippen molar-refractivity contribution in [1.29, 1.82) is 0 Å². The summed E-state index contributed by atoms with van der Waals surface area (Å²) >= 11 is 0. The summed E-state index contributed by atoms with van der Waals surface area (Å²) in [5.41, 5.74) is 0. The maximum Gasteiger partial charge on any atom is 0.130 e. The Morgan fingerprint density at radius 2 is 2.12 bits per heavy atom. The highest BCUT2D eigenvalue weighted by Crippen LogP contribution is 2.13. The zero-order chi connectivity index (χ0) is 12.5. The molecule has 0 amide bonds. The van der Waals surface area contributed by atoms with Crippen LogP contribution < -0.4 is 10.2 Å². The number of aromatic nitrogens is 1. The van der Waals surface area contributed by atoms with Gasteiger partial charge in [-0.2, -0.15) is 0 Å². The van der Waals surface area contributed by atoms with Crippen LogP contribution in [0.3, 0.4) is 0 Å². The molecule has 1 aromatic rings. The van der Waals surface area contributed by atoms with E-state index in [1.807, 2.05) is 18.2 Å². The van der Waals surface area contributed by atoms with Gasteiger partial charge >= 0.3 is 0 Å². The Morgan fingerprint density at radius 1 is 1.29 bits per heavy atom. The lowest BCUT2D eigenvalue weighted by atomic mass is 10.2. The third-order valence-corrected chi connectivity index (χ3v) is 2.64. The summed E-state index contributed by atoms with van der Waals surface area (Å²) < 4.78 is 0. The number of nitrogens with one attached hydrogen (secondary N) is 1. The number of nitrogens with zero attached hydrogens (tertiary/aromatic N) is 2. The van der Waals surface area contributed by atoms with Gasteiger partial charge < -0.3 is 15.3 Å². The second kappa shape index (κ2) is 7.90. The van der Waals surface area contributed by atoms with Crippen molar-refractivity contribution in [3.05, 3.63) is 18.2 Å². The van der Waals surface area contributed by atoms with Gasteiger partial charge in [-0.25, -0.2) is 4.98 Å². The molecule has 0 bridgehead atoms. The zero-order valence-electron chi connectivity index (χ0n) is 10.8. The maximum atomic E-state index is 8.71. The van der Waals surface area contributed by atoms with E-state index < -0.39 is 0 Å². The number of unbranched alkanes of at least 4 members (excludes halogenated alkanes) is 2. The van der Waals surface area contributed by atoms with Gasteiger partial charge in [0.1, 0.15) is 11.6 Å². The molecular formula is C13H23N3O. The van der Waals surface area contributed by atoms with Gasteiger partial charge in [0.25, 0.3) is 0 Å². The Bertz CT molecular complexity index is 317. The van der Waals surface area contributed by atoms with Crippen molar-refractivity contribution in [2.24, 2.45) is 0 Å². The zero-order valence-corrected chi connectivity index (χ0v) is 10.8. The molecule has 2 N–H and O–H groups in total. The minimum absolute atomic E-state index is 0.290. The first-order chi connectivity index (χ1) is 8.27. The van der Waals surface area contributed by atoms with Gasteiger partial charge in [-0.05, 0) is 38.3 Å². The van der Waals surface area contributed by atoms with Crippen molar-refractivity contribution in [2.75, 3.05) is 37.0 Å². The molecule has 0 aliphatic rings. The van der Waals surface area contributed by atoms with Crippen LogP contribution in [0.1, 0.15) is 26.2 Å². The normalized spacial score (nSPS) is 10.3. The van der Waals surface area contributed by atoms with Crippen molar-refractivity contribution < 1.29 is 5.11 Å². The summed E-state index contributed by atoms with van der Waals surface area (Å²) in [6.07, 6.45) is 3.04. The average Bonchev–Trinajstić information content (AvgIpc) is 2.35. The molecule has 0 radical (unpaired) electrons. The van der Waals surface area contributed by atoms with Gasteiger partial charge in [0.15, 0.2) is 0 Å². The quantitative estimate of drug-likeness (QED) is 0.680. The van der Waals surface area contributed by atoms with E-state index in [0.29, 0.717) is 0 Å². The van der Waals surface area contributed by atoms with Crippen LogP contribution in [0.2, 0.25) is 0 Å². The molecule has 0 aromatic carbocycles. The highest BCUT2D eigenvalue weighted by Gasteiger charge is 2.02. The monoisotopic (exact) mass is 237 g/mol. The molecule has 0 unspecified atom stereocenters. The molecule has 4 nitrogen and oxygen atoms in total. The van der Waals surface area contributed by atoms with E-state index in [4.69, 9.17) is 5.11 Å². The Hall–Kier alpha value is -1.29. The number of aliphatic hydroxyl groups is 1. The van der Waals surface area contributed by atoms with Crippen LogP contribution in [0, 0.1) is 0 Å². The average molecular weight is 237 g/mol. The molecule has 17 heavy (non-hydrogen) atoms. The second-order valence-corrected chi connectivity index (χ2v) is 4.12. The largest absolute Gasteiger partial charge is 0.396 e. The van der Waals surface area contributed by atoms with Gasteiger partial charge in [0, 0.05) is 26.7 Å². The molecule has 0 fully saturated rings. The fraction of sp³-hybridized carbons (Fsp3) is 0.615. The first kappa shape index (κ1) is 13.8. The van der Waals surface area contributed by atoms with E-state index in [-0.39, 0.29) is 6.61 Å². The lowest BCUT2D eigenvalue weighted by Crippen LogP contribution is -2.20. The molecule has 1 heterocycles. The summed E-state index contributed by atoms with van der Waals surface area (Å²) in [4.78, 5) is 6.68. The highest BCUT2D eigenvalue weighted by molar-refractivity contribution is 5.46. The maximum absolute atomic E-state index is 8.71. The van der Waals surface area contributed by atoms with Crippen molar-refractivity contribution >= 4 is 11.6 Å². The van der Waals surface area contributed by atoms with Crippen molar-refractivity contribution in [3.63, 3.8) is 0 Å². The van der Waals surface area contributed by atoms with Gasteiger partial charge in [0.2, 0.25) is 0 Å². The highest BCUT2D eigenvalue weighted by atomic mass is 16.2. The van der Waals surface area contributed by atoms with Crippen LogP contribution in [0.15, 0.2) is 18.2 Å². The lowest BCUT2D eigenvalue weighted by Gasteiger charge is -2.18. The Labute approximate surface area is 104 Å². The van der Waals surface area contributed by atoms with Gasteiger partial charge in [-0.1, -0.05) is 6.07 Å². The van der Waals surface area contributed by atoms with Crippen molar-refractivity contribution in [2.45, 2.75) is 26.2 Å². The predicted molar refractivity (Wildman–Crippen MR) is 72.6 cm³/mol. The lowest BCUT2D eigenvalue weighted by molar-refractivity contribution is 0.283. The Balaban J connectivity index is 2.44. The summed E-state index contributed by atoms with van der Waals surface area (Å²) in [6.45, 7) is 4.21. The predicted octanol–water partition coefficient (Wildman–Crippen LogP) is 2.11. The molecule has 0 saturated carbocycles. The van der Waals surface area contributed by atoms with Crippen LogP contribution in [0.5, 0.6) is 0 Å². The summed E-state index contributed by atoms with van der Waals surface area (Å²) in [6, 6.07) is 6.02. The molecule has 0 aliphatic heterocycles. The third-order valence-electron chi connectivity index (χ3n) is 2.64. The smallest absolute Gasteiger partial charge is 0.130 e. The first-order valence-electron chi connectivity index (χ1n) is 6.31. The van der Waals surface area contributed by atoms with E-state index in [9.17, 15) is 0 Å². The topological polar surface area (TPSA) is 48.4 Å². The fourth-order valence-electron chi connectivity index (χ4n) is 1.67. The SMILES string of the molecule is CCNc1cccc(N(C)CCCCCO)n1. The van der Waals surface area contributed by atoms with Gasteiger partial charge in [0.05, 0.1) is 0 Å². The van der Waals surface area contributed by atoms with Crippen LogP contribution in [0.25, 0.3) is 0 Å². The van der Waals surface area contributed by atoms with Crippen molar-refractivity contribution in [1.82, 2.24) is 4.98 Å². The standard InChI is InChI=1S/C13H23N3O/c1-3-14-12-8-7-9-13(15-12)16(2)10-5-4-6-11-17/h7-9,17H,3-6,10-11H2,1-2H3,(H,14,15). The van der Waals surface area contributed by atoms with Crippen LogP contribution in [-0.4, -0.2) is 36.8 Å². The molecule has 4 heteroatoms. The number of hydrogen-bond acceptors (Lipinski definition) is 4. The first-order valence-corrected chi connectivity index (χ1v) is 6.31. The number of aliphatic hydroxyl groups excluding tert-OH is 1. The minimum Gasteiger partial charge on any atom is -0.396 e. The number of anilines is 2. The van der Waals surface area contributed by atoms with E-state index in [1.165, 1.54) is 0 Å². The number of rotatable bonds is 8. The van der Waals surface area contributed by atoms with E-state index in [2.05, 4.69) is 29.2 Å². The van der Waals surface area contributed by atoms with E-state index in [0.717, 1.165) is 44.0 Å².